The fraction of sp³-hybridized carbons (Fsp3) is 0.364. The van der Waals surface area contributed by atoms with Crippen molar-refractivity contribution in [1.29, 1.82) is 0 Å². The van der Waals surface area contributed by atoms with Crippen molar-refractivity contribution < 1.29 is 14.3 Å². The molecule has 5 heteroatoms. The molecule has 0 aliphatic carbocycles. The van der Waals surface area contributed by atoms with Crippen LogP contribution in [0.15, 0.2) is 54.6 Å². The highest BCUT2D eigenvalue weighted by molar-refractivity contribution is 5.86. The number of rotatable bonds is 3. The average Bonchev–Trinajstić information content (AvgIpc) is 2.72. The van der Waals surface area contributed by atoms with Gasteiger partial charge in [0.05, 0.1) is 0 Å². The molecular weight excluding hydrogens is 340 g/mol. The first-order valence-electron chi connectivity index (χ1n) is 9.21. The van der Waals surface area contributed by atoms with Gasteiger partial charge in [0.25, 0.3) is 0 Å². The maximum Gasteiger partial charge on any atom is 0.408 e. The average molecular weight is 366 g/mol. The molecule has 2 aromatic rings. The monoisotopic (exact) mass is 366 g/mol. The summed E-state index contributed by atoms with van der Waals surface area (Å²) >= 11 is 0. The quantitative estimate of drug-likeness (QED) is 0.902. The molecule has 0 radical (unpaired) electrons. The summed E-state index contributed by atoms with van der Waals surface area (Å²) in [6, 6.07) is 17.2. The van der Waals surface area contributed by atoms with Crippen LogP contribution >= 0.6 is 0 Å². The molecule has 0 fully saturated rings. The number of alkyl carbamates (subject to hydrolysis) is 1. The normalized spacial score (nSPS) is 17.1. The zero-order valence-corrected chi connectivity index (χ0v) is 16.1. The molecule has 2 aromatic carbocycles. The number of hydrogen-bond acceptors (Lipinski definition) is 3. The van der Waals surface area contributed by atoms with Crippen molar-refractivity contribution in [1.82, 2.24) is 10.2 Å². The van der Waals surface area contributed by atoms with E-state index in [2.05, 4.69) is 5.32 Å². The first-order valence-corrected chi connectivity index (χ1v) is 9.21. The predicted molar refractivity (Wildman–Crippen MR) is 104 cm³/mol. The van der Waals surface area contributed by atoms with Gasteiger partial charge in [-0.05, 0) is 37.5 Å². The molecule has 1 heterocycles. The lowest BCUT2D eigenvalue weighted by Crippen LogP contribution is -2.49. The van der Waals surface area contributed by atoms with E-state index in [1.54, 1.807) is 25.7 Å². The Hall–Kier alpha value is -2.82. The molecule has 3 rings (SSSR count). The van der Waals surface area contributed by atoms with Crippen molar-refractivity contribution in [2.75, 3.05) is 0 Å². The molecule has 0 saturated heterocycles. The number of carbonyl (C=O) groups excluding carboxylic acids is 2. The van der Waals surface area contributed by atoms with Gasteiger partial charge in [0.15, 0.2) is 0 Å². The summed E-state index contributed by atoms with van der Waals surface area (Å²) in [6.07, 6.45) is -0.112. The van der Waals surface area contributed by atoms with Crippen LogP contribution < -0.4 is 5.32 Å². The molecule has 1 aliphatic heterocycles. The van der Waals surface area contributed by atoms with Crippen molar-refractivity contribution in [3.63, 3.8) is 0 Å². The number of amides is 2. The molecule has 142 valence electrons. The Balaban J connectivity index is 1.84. The fourth-order valence-electron chi connectivity index (χ4n) is 3.22. The molecule has 0 unspecified atom stereocenters. The summed E-state index contributed by atoms with van der Waals surface area (Å²) in [5.74, 6) is -0.0964. The van der Waals surface area contributed by atoms with Gasteiger partial charge in [-0.25, -0.2) is 4.79 Å². The third kappa shape index (κ3) is 5.09. The van der Waals surface area contributed by atoms with Crippen LogP contribution in [-0.2, 0) is 29.0 Å². The smallest absolute Gasteiger partial charge is 0.408 e. The first kappa shape index (κ1) is 19.0. The van der Waals surface area contributed by atoms with Crippen molar-refractivity contribution in [2.45, 2.75) is 51.9 Å². The number of ether oxygens (including phenoxy) is 1. The largest absolute Gasteiger partial charge is 0.444 e. The zero-order chi connectivity index (χ0) is 19.4. The molecule has 0 saturated carbocycles. The van der Waals surface area contributed by atoms with Gasteiger partial charge in [-0.3, -0.25) is 4.79 Å². The van der Waals surface area contributed by atoms with Crippen molar-refractivity contribution in [3.8, 4) is 0 Å². The van der Waals surface area contributed by atoms with E-state index in [0.717, 1.165) is 16.7 Å². The lowest BCUT2D eigenvalue weighted by molar-refractivity contribution is -0.134. The SMILES string of the molecule is CC(C)(C)OC(=O)N[C@H]1Cc2ccccc2CN(Cc2ccccc2)C1=O. The van der Waals surface area contributed by atoms with E-state index in [1.165, 1.54) is 0 Å². The summed E-state index contributed by atoms with van der Waals surface area (Å²) in [6.45, 7) is 6.44. The first-order chi connectivity index (χ1) is 12.8. The number of nitrogens with one attached hydrogen (secondary N) is 1. The third-order valence-corrected chi connectivity index (χ3v) is 4.42. The summed E-state index contributed by atoms with van der Waals surface area (Å²) < 4.78 is 5.35. The van der Waals surface area contributed by atoms with Crippen molar-refractivity contribution in [3.05, 3.63) is 71.3 Å². The number of nitrogens with zero attached hydrogens (tertiary/aromatic N) is 1. The van der Waals surface area contributed by atoms with Crippen molar-refractivity contribution in [2.24, 2.45) is 0 Å². The van der Waals surface area contributed by atoms with Crippen LogP contribution in [-0.4, -0.2) is 28.5 Å². The number of benzene rings is 2. The highest BCUT2D eigenvalue weighted by Crippen LogP contribution is 2.22. The van der Waals surface area contributed by atoms with Crippen LogP contribution in [0.2, 0.25) is 0 Å². The Kier molecular flexibility index (Phi) is 5.49. The minimum Gasteiger partial charge on any atom is -0.444 e. The zero-order valence-electron chi connectivity index (χ0n) is 16.1. The highest BCUT2D eigenvalue weighted by Gasteiger charge is 2.31. The van der Waals surface area contributed by atoms with E-state index in [0.29, 0.717) is 19.5 Å². The fourth-order valence-corrected chi connectivity index (χ4v) is 3.22. The van der Waals surface area contributed by atoms with Gasteiger partial charge >= 0.3 is 6.09 Å². The minimum atomic E-state index is -0.646. The standard InChI is InChI=1S/C22H26N2O3/c1-22(2,3)27-21(26)23-19-13-17-11-7-8-12-18(17)15-24(20(19)25)14-16-9-5-4-6-10-16/h4-12,19H,13-15H2,1-3H3,(H,23,26)/t19-/m0/s1. The van der Waals surface area contributed by atoms with E-state index in [4.69, 9.17) is 4.74 Å². The van der Waals surface area contributed by atoms with E-state index < -0.39 is 17.7 Å². The van der Waals surface area contributed by atoms with Crippen LogP contribution in [0.25, 0.3) is 0 Å². The summed E-state index contributed by atoms with van der Waals surface area (Å²) in [5.41, 5.74) is 2.62. The molecule has 1 N–H and O–H groups in total. The van der Waals surface area contributed by atoms with Gasteiger partial charge < -0.3 is 15.0 Å². The van der Waals surface area contributed by atoms with Gasteiger partial charge in [0.2, 0.25) is 5.91 Å². The Bertz CT molecular complexity index is 812. The van der Waals surface area contributed by atoms with Crippen molar-refractivity contribution >= 4 is 12.0 Å². The molecule has 0 spiro atoms. The van der Waals surface area contributed by atoms with E-state index in [9.17, 15) is 9.59 Å². The Morgan fingerprint density at radius 1 is 1.07 bits per heavy atom. The van der Waals surface area contributed by atoms with Gasteiger partial charge in [-0.15, -0.1) is 0 Å². The number of hydrogen-bond donors (Lipinski definition) is 1. The third-order valence-electron chi connectivity index (χ3n) is 4.42. The molecular formula is C22H26N2O3. The van der Waals surface area contributed by atoms with Gasteiger partial charge in [0.1, 0.15) is 11.6 Å². The number of fused-ring (bicyclic) bond motifs is 1. The molecule has 2 amide bonds. The van der Waals surface area contributed by atoms with Gasteiger partial charge in [-0.2, -0.15) is 0 Å². The lowest BCUT2D eigenvalue weighted by atomic mass is 10.0. The Labute approximate surface area is 160 Å². The molecule has 1 aliphatic rings. The van der Waals surface area contributed by atoms with Crippen LogP contribution in [0.3, 0.4) is 0 Å². The Morgan fingerprint density at radius 2 is 1.70 bits per heavy atom. The summed E-state index contributed by atoms with van der Waals surface area (Å²) in [5, 5.41) is 2.77. The second-order valence-electron chi connectivity index (χ2n) is 7.85. The maximum absolute atomic E-state index is 13.2. The van der Waals surface area contributed by atoms with Crippen LogP contribution in [0.1, 0.15) is 37.5 Å². The molecule has 0 bridgehead atoms. The van der Waals surface area contributed by atoms with Gasteiger partial charge in [0, 0.05) is 19.5 Å². The van der Waals surface area contributed by atoms with E-state index in [1.807, 2.05) is 54.6 Å². The van der Waals surface area contributed by atoms with Crippen LogP contribution in [0.4, 0.5) is 4.79 Å². The molecule has 27 heavy (non-hydrogen) atoms. The molecule has 5 nitrogen and oxygen atoms in total. The maximum atomic E-state index is 13.2. The molecule has 1 atom stereocenters. The summed E-state index contributed by atoms with van der Waals surface area (Å²) in [7, 11) is 0. The Morgan fingerprint density at radius 3 is 2.37 bits per heavy atom. The van der Waals surface area contributed by atoms with Crippen LogP contribution in [0, 0.1) is 0 Å². The van der Waals surface area contributed by atoms with Crippen LogP contribution in [0.5, 0.6) is 0 Å². The molecule has 0 aromatic heterocycles. The van der Waals surface area contributed by atoms with E-state index >= 15 is 0 Å². The lowest BCUT2D eigenvalue weighted by Gasteiger charge is -2.26. The minimum absolute atomic E-state index is 0.0964. The predicted octanol–water partition coefficient (Wildman–Crippen LogP) is 3.66. The second kappa shape index (κ2) is 7.82. The topological polar surface area (TPSA) is 58.6 Å². The van der Waals surface area contributed by atoms with Gasteiger partial charge in [-0.1, -0.05) is 54.6 Å². The highest BCUT2D eigenvalue weighted by atomic mass is 16.6. The number of carbonyl (C=O) groups is 2. The van der Waals surface area contributed by atoms with E-state index in [-0.39, 0.29) is 5.91 Å². The second-order valence-corrected chi connectivity index (χ2v) is 7.85. The summed E-state index contributed by atoms with van der Waals surface area (Å²) in [4.78, 5) is 27.2.